The van der Waals surface area contributed by atoms with Gasteiger partial charge in [0.2, 0.25) is 0 Å². The van der Waals surface area contributed by atoms with Crippen molar-refractivity contribution in [3.8, 4) is 11.5 Å². The van der Waals surface area contributed by atoms with E-state index in [4.69, 9.17) is 14.2 Å². The summed E-state index contributed by atoms with van der Waals surface area (Å²) in [4.78, 5) is 37.6. The predicted molar refractivity (Wildman–Crippen MR) is 113 cm³/mol. The van der Waals surface area contributed by atoms with Crippen molar-refractivity contribution in [1.29, 1.82) is 0 Å². The Hall–Kier alpha value is -3.26. The molecule has 1 aliphatic heterocycles. The van der Waals surface area contributed by atoms with Crippen molar-refractivity contribution >= 4 is 35.0 Å². The summed E-state index contributed by atoms with van der Waals surface area (Å²) < 4.78 is 15.7. The van der Waals surface area contributed by atoms with Gasteiger partial charge in [-0.15, -0.1) is 0 Å². The van der Waals surface area contributed by atoms with Crippen LogP contribution < -0.4 is 9.47 Å². The molecule has 30 heavy (non-hydrogen) atoms. The quantitative estimate of drug-likeness (QED) is 0.445. The Labute approximate surface area is 178 Å². The minimum atomic E-state index is -0.438. The van der Waals surface area contributed by atoms with Crippen LogP contribution in [0.4, 0.5) is 4.79 Å². The first kappa shape index (κ1) is 21.4. The summed E-state index contributed by atoms with van der Waals surface area (Å²) in [5.41, 5.74) is 0.740. The third-order valence-electron chi connectivity index (χ3n) is 4.04. The second-order valence-corrected chi connectivity index (χ2v) is 7.15. The Kier molecular flexibility index (Phi) is 7.51. The zero-order valence-electron chi connectivity index (χ0n) is 16.4. The monoisotopic (exact) mass is 427 g/mol. The van der Waals surface area contributed by atoms with Gasteiger partial charge in [-0.25, -0.2) is 4.79 Å². The maximum Gasteiger partial charge on any atom is 0.344 e. The molecule has 0 atom stereocenters. The number of benzene rings is 2. The van der Waals surface area contributed by atoms with Gasteiger partial charge in [0, 0.05) is 0 Å². The second-order valence-electron chi connectivity index (χ2n) is 6.16. The molecule has 0 bridgehead atoms. The summed E-state index contributed by atoms with van der Waals surface area (Å²) in [5, 5.41) is -0.322. The minimum Gasteiger partial charge on any atom is -0.492 e. The summed E-state index contributed by atoms with van der Waals surface area (Å²) in [7, 11) is 0. The molecule has 3 rings (SSSR count). The van der Waals surface area contributed by atoms with E-state index in [1.807, 2.05) is 30.3 Å². The summed E-state index contributed by atoms with van der Waals surface area (Å²) in [5.74, 6) is 0.410. The second kappa shape index (κ2) is 10.5. The van der Waals surface area contributed by atoms with E-state index >= 15 is 0 Å². The van der Waals surface area contributed by atoms with Crippen molar-refractivity contribution < 1.29 is 28.6 Å². The highest BCUT2D eigenvalue weighted by Crippen LogP contribution is 2.32. The number of amides is 2. The number of thioether (sulfide) groups is 1. The van der Waals surface area contributed by atoms with Crippen molar-refractivity contribution in [2.24, 2.45) is 0 Å². The van der Waals surface area contributed by atoms with Gasteiger partial charge >= 0.3 is 5.97 Å². The zero-order valence-corrected chi connectivity index (χ0v) is 17.2. The molecule has 7 nitrogen and oxygen atoms in total. The lowest BCUT2D eigenvalue weighted by molar-refractivity contribution is -0.145. The maximum absolute atomic E-state index is 12.6. The molecule has 156 valence electrons. The van der Waals surface area contributed by atoms with Gasteiger partial charge in [-0.2, -0.15) is 0 Å². The van der Waals surface area contributed by atoms with Crippen LogP contribution in [0.5, 0.6) is 11.5 Å². The molecule has 0 spiro atoms. The number of hydrogen-bond donors (Lipinski definition) is 0. The van der Waals surface area contributed by atoms with Gasteiger partial charge in [0.25, 0.3) is 11.1 Å². The first-order valence-electron chi connectivity index (χ1n) is 9.38. The number of nitrogens with zero attached hydrogens (tertiary/aromatic N) is 1. The van der Waals surface area contributed by atoms with Crippen molar-refractivity contribution in [2.75, 3.05) is 26.4 Å². The van der Waals surface area contributed by atoms with Crippen molar-refractivity contribution in [3.05, 3.63) is 65.1 Å². The SMILES string of the molecule is CCOC(=O)COc1ccc(/C=C2\SC(=O)N(CCOc3ccccc3)C2=O)cc1. The zero-order chi connectivity index (χ0) is 21.3. The van der Waals surface area contributed by atoms with E-state index in [1.165, 1.54) is 4.90 Å². The van der Waals surface area contributed by atoms with E-state index < -0.39 is 5.97 Å². The molecular formula is C22H21NO6S. The Morgan fingerprint density at radius 1 is 1.00 bits per heavy atom. The minimum absolute atomic E-state index is 0.170. The first-order chi connectivity index (χ1) is 14.6. The average Bonchev–Trinajstić information content (AvgIpc) is 3.01. The maximum atomic E-state index is 12.6. The van der Waals surface area contributed by atoms with Crippen LogP contribution in [0.3, 0.4) is 0 Å². The number of esters is 1. The fraction of sp³-hybridized carbons (Fsp3) is 0.227. The van der Waals surface area contributed by atoms with Gasteiger partial charge in [-0.3, -0.25) is 14.5 Å². The van der Waals surface area contributed by atoms with Gasteiger partial charge in [-0.1, -0.05) is 30.3 Å². The van der Waals surface area contributed by atoms with Crippen LogP contribution >= 0.6 is 11.8 Å². The molecule has 0 radical (unpaired) electrons. The number of carbonyl (C=O) groups excluding carboxylic acids is 3. The Bertz CT molecular complexity index is 926. The third kappa shape index (κ3) is 5.87. The normalized spacial score (nSPS) is 14.8. The summed E-state index contributed by atoms with van der Waals surface area (Å²) in [6, 6.07) is 16.1. The molecule has 1 saturated heterocycles. The van der Waals surface area contributed by atoms with Crippen LogP contribution in [0.2, 0.25) is 0 Å². The van der Waals surface area contributed by atoms with Gasteiger partial charge in [0.15, 0.2) is 6.61 Å². The van der Waals surface area contributed by atoms with Crippen molar-refractivity contribution in [3.63, 3.8) is 0 Å². The highest BCUT2D eigenvalue weighted by molar-refractivity contribution is 8.18. The van der Waals surface area contributed by atoms with Crippen molar-refractivity contribution in [2.45, 2.75) is 6.92 Å². The van der Waals surface area contributed by atoms with E-state index in [0.717, 1.165) is 17.3 Å². The van der Waals surface area contributed by atoms with Gasteiger partial charge in [-0.05, 0) is 54.6 Å². The van der Waals surface area contributed by atoms with Crippen LogP contribution in [0.25, 0.3) is 6.08 Å². The molecule has 0 saturated carbocycles. The summed E-state index contributed by atoms with van der Waals surface area (Å²) in [6.45, 7) is 2.26. The molecule has 0 unspecified atom stereocenters. The van der Waals surface area contributed by atoms with Crippen LogP contribution in [-0.4, -0.2) is 48.4 Å². The number of rotatable bonds is 9. The van der Waals surface area contributed by atoms with E-state index in [9.17, 15) is 14.4 Å². The highest BCUT2D eigenvalue weighted by Gasteiger charge is 2.34. The molecule has 1 heterocycles. The lowest BCUT2D eigenvalue weighted by Crippen LogP contribution is -2.32. The fourth-order valence-electron chi connectivity index (χ4n) is 2.62. The molecule has 8 heteroatoms. The molecule has 2 aromatic carbocycles. The lowest BCUT2D eigenvalue weighted by Gasteiger charge is -2.13. The third-order valence-corrected chi connectivity index (χ3v) is 4.95. The van der Waals surface area contributed by atoms with E-state index in [-0.39, 0.29) is 30.9 Å². The Morgan fingerprint density at radius 2 is 1.70 bits per heavy atom. The molecule has 0 aliphatic carbocycles. The lowest BCUT2D eigenvalue weighted by atomic mass is 10.2. The summed E-state index contributed by atoms with van der Waals surface area (Å²) in [6.07, 6.45) is 1.65. The molecule has 2 amide bonds. The van der Waals surface area contributed by atoms with Crippen LogP contribution in [0.1, 0.15) is 12.5 Å². The van der Waals surface area contributed by atoms with Crippen molar-refractivity contribution in [1.82, 2.24) is 4.90 Å². The molecule has 2 aromatic rings. The van der Waals surface area contributed by atoms with E-state index in [1.54, 1.807) is 37.3 Å². The largest absolute Gasteiger partial charge is 0.492 e. The number of ether oxygens (including phenoxy) is 3. The molecule has 0 aromatic heterocycles. The Morgan fingerprint density at radius 3 is 2.40 bits per heavy atom. The number of para-hydroxylation sites is 1. The van der Waals surface area contributed by atoms with Gasteiger partial charge in [0.05, 0.1) is 18.1 Å². The molecule has 1 aliphatic rings. The molecule has 0 N–H and O–H groups in total. The first-order valence-corrected chi connectivity index (χ1v) is 10.2. The van der Waals surface area contributed by atoms with Crippen LogP contribution in [0, 0.1) is 0 Å². The van der Waals surface area contributed by atoms with Crippen LogP contribution in [-0.2, 0) is 14.3 Å². The number of hydrogen-bond acceptors (Lipinski definition) is 7. The number of carbonyl (C=O) groups is 3. The van der Waals surface area contributed by atoms with Gasteiger partial charge < -0.3 is 14.2 Å². The van der Waals surface area contributed by atoms with Gasteiger partial charge in [0.1, 0.15) is 18.1 Å². The number of imide groups is 1. The highest BCUT2D eigenvalue weighted by atomic mass is 32.2. The fourth-order valence-corrected chi connectivity index (χ4v) is 3.49. The Balaban J connectivity index is 1.54. The smallest absolute Gasteiger partial charge is 0.344 e. The van der Waals surface area contributed by atoms with Crippen LogP contribution in [0.15, 0.2) is 59.5 Å². The summed E-state index contributed by atoms with van der Waals surface area (Å²) >= 11 is 0.897. The topological polar surface area (TPSA) is 82.1 Å². The molecular weight excluding hydrogens is 406 g/mol. The van der Waals surface area contributed by atoms with E-state index in [0.29, 0.717) is 23.0 Å². The van der Waals surface area contributed by atoms with E-state index in [2.05, 4.69) is 0 Å². The average molecular weight is 427 g/mol. The molecule has 1 fully saturated rings. The predicted octanol–water partition coefficient (Wildman–Crippen LogP) is 3.74. The standard InChI is InChI=1S/C22H21NO6S/c1-2-27-20(24)15-29-18-10-8-16(9-11-18)14-19-21(25)23(22(26)30-19)12-13-28-17-6-4-3-5-7-17/h3-11,14H,2,12-13,15H2,1H3/b19-14-.